The van der Waals surface area contributed by atoms with Gasteiger partial charge in [-0.05, 0) is 51.8 Å². The summed E-state index contributed by atoms with van der Waals surface area (Å²) in [6, 6.07) is 10.2. The van der Waals surface area contributed by atoms with Gasteiger partial charge in [0.25, 0.3) is 0 Å². The zero-order valence-electron chi connectivity index (χ0n) is 12.5. The second kappa shape index (κ2) is 8.94. The molecule has 2 aromatic rings. The third kappa shape index (κ3) is 6.12. The molecule has 0 unspecified atom stereocenters. The summed E-state index contributed by atoms with van der Waals surface area (Å²) in [5.41, 5.74) is 1.16. The van der Waals surface area contributed by atoms with Gasteiger partial charge in [-0.25, -0.2) is 4.79 Å². The number of halogens is 3. The smallest absolute Gasteiger partial charge is 0.336 e. The van der Waals surface area contributed by atoms with Gasteiger partial charge in [-0.2, -0.15) is 0 Å². The van der Waals surface area contributed by atoms with Crippen molar-refractivity contribution in [3.05, 3.63) is 83.9 Å². The first kappa shape index (κ1) is 19.4. The molecule has 0 aliphatic heterocycles. The maximum absolute atomic E-state index is 12.1. The van der Waals surface area contributed by atoms with E-state index in [1.54, 1.807) is 42.5 Å². The van der Waals surface area contributed by atoms with Crippen molar-refractivity contribution in [1.82, 2.24) is 0 Å². The van der Waals surface area contributed by atoms with Gasteiger partial charge < -0.3 is 4.74 Å². The normalized spacial score (nSPS) is 11.2. The predicted molar refractivity (Wildman–Crippen MR) is 104 cm³/mol. The first-order valence-corrected chi connectivity index (χ1v) is 8.78. The Morgan fingerprint density at radius 3 is 2.48 bits per heavy atom. The summed E-state index contributed by atoms with van der Waals surface area (Å²) < 4.78 is 6.48. The van der Waals surface area contributed by atoms with E-state index in [2.05, 4.69) is 31.9 Å². The van der Waals surface area contributed by atoms with Gasteiger partial charge in [0.2, 0.25) is 6.20 Å². The standard InChI is InChI=1S/C17H10Br2ClNO4/c18-13-9-12(7-8-21(23)24)17(15(19)10-13)25-16(22)6-3-11-1-4-14(20)5-2-11/h1-10H/b6-3+,8-7+. The Kier molecular flexibility index (Phi) is 6.92. The van der Waals surface area contributed by atoms with Crippen LogP contribution >= 0.6 is 43.5 Å². The average Bonchev–Trinajstić information content (AvgIpc) is 2.55. The molecular weight excluding hydrogens is 477 g/mol. The topological polar surface area (TPSA) is 69.4 Å². The molecule has 0 radical (unpaired) electrons. The molecule has 0 aliphatic carbocycles. The van der Waals surface area contributed by atoms with Crippen LogP contribution in [0.15, 0.2) is 57.6 Å². The van der Waals surface area contributed by atoms with Crippen LogP contribution in [0.5, 0.6) is 5.75 Å². The predicted octanol–water partition coefficient (Wildman–Crippen LogP) is 5.73. The first-order chi connectivity index (χ1) is 11.8. The summed E-state index contributed by atoms with van der Waals surface area (Å²) in [5.74, 6) is -0.430. The van der Waals surface area contributed by atoms with Crippen LogP contribution in [0.1, 0.15) is 11.1 Å². The number of ether oxygens (including phenoxy) is 1. The van der Waals surface area contributed by atoms with Crippen molar-refractivity contribution in [2.75, 3.05) is 0 Å². The minimum absolute atomic E-state index is 0.187. The highest BCUT2D eigenvalue weighted by Crippen LogP contribution is 2.34. The maximum Gasteiger partial charge on any atom is 0.336 e. The van der Waals surface area contributed by atoms with Crippen molar-refractivity contribution in [3.63, 3.8) is 0 Å². The Hall–Kier alpha value is -1.96. The summed E-state index contributed by atoms with van der Waals surface area (Å²) in [6.45, 7) is 0. The molecule has 25 heavy (non-hydrogen) atoms. The SMILES string of the molecule is O=C(/C=C/c1ccc(Cl)cc1)Oc1c(Br)cc(Br)cc1/C=C/[N+](=O)[O-]. The van der Waals surface area contributed by atoms with Crippen molar-refractivity contribution in [3.8, 4) is 5.75 Å². The molecule has 0 atom stereocenters. The molecule has 0 saturated carbocycles. The lowest BCUT2D eigenvalue weighted by Crippen LogP contribution is -2.05. The first-order valence-electron chi connectivity index (χ1n) is 6.81. The van der Waals surface area contributed by atoms with Gasteiger partial charge in [0.15, 0.2) is 5.75 Å². The van der Waals surface area contributed by atoms with E-state index < -0.39 is 10.9 Å². The molecule has 2 rings (SSSR count). The lowest BCUT2D eigenvalue weighted by molar-refractivity contribution is -0.400. The second-order valence-electron chi connectivity index (χ2n) is 4.71. The Morgan fingerprint density at radius 2 is 1.84 bits per heavy atom. The van der Waals surface area contributed by atoms with E-state index in [1.165, 1.54) is 12.2 Å². The summed E-state index contributed by atoms with van der Waals surface area (Å²) >= 11 is 12.4. The molecule has 0 heterocycles. The van der Waals surface area contributed by atoms with Crippen molar-refractivity contribution in [2.24, 2.45) is 0 Å². The Labute approximate surface area is 165 Å². The highest BCUT2D eigenvalue weighted by Gasteiger charge is 2.12. The highest BCUT2D eigenvalue weighted by molar-refractivity contribution is 9.11. The van der Waals surface area contributed by atoms with Gasteiger partial charge in [0.1, 0.15) is 0 Å². The van der Waals surface area contributed by atoms with Crippen molar-refractivity contribution >= 4 is 61.6 Å². The number of rotatable bonds is 5. The fourth-order valence-electron chi connectivity index (χ4n) is 1.83. The van der Waals surface area contributed by atoms with E-state index in [0.717, 1.165) is 11.8 Å². The number of hydrogen-bond acceptors (Lipinski definition) is 4. The largest absolute Gasteiger partial charge is 0.422 e. The van der Waals surface area contributed by atoms with Crippen LogP contribution in [0.3, 0.4) is 0 Å². The second-order valence-corrected chi connectivity index (χ2v) is 6.92. The summed E-state index contributed by atoms with van der Waals surface area (Å²) in [6.07, 6.45) is 4.87. The number of esters is 1. The van der Waals surface area contributed by atoms with Crippen LogP contribution < -0.4 is 4.74 Å². The van der Waals surface area contributed by atoms with E-state index in [-0.39, 0.29) is 5.75 Å². The Balaban J connectivity index is 2.22. The highest BCUT2D eigenvalue weighted by atomic mass is 79.9. The zero-order valence-corrected chi connectivity index (χ0v) is 16.4. The van der Waals surface area contributed by atoms with Crippen LogP contribution in [-0.4, -0.2) is 10.9 Å². The van der Waals surface area contributed by atoms with Crippen molar-refractivity contribution in [2.45, 2.75) is 0 Å². The number of benzene rings is 2. The fourth-order valence-corrected chi connectivity index (χ4v) is 3.29. The zero-order chi connectivity index (χ0) is 18.4. The van der Waals surface area contributed by atoms with E-state index in [1.807, 2.05) is 0 Å². The summed E-state index contributed by atoms with van der Waals surface area (Å²) in [7, 11) is 0. The minimum Gasteiger partial charge on any atom is -0.422 e. The third-order valence-electron chi connectivity index (χ3n) is 2.90. The van der Waals surface area contributed by atoms with E-state index in [4.69, 9.17) is 16.3 Å². The molecule has 0 aromatic heterocycles. The van der Waals surface area contributed by atoms with Crippen LogP contribution in [0.2, 0.25) is 5.02 Å². The third-order valence-corrected chi connectivity index (χ3v) is 4.20. The number of nitrogens with zero attached hydrogens (tertiary/aromatic N) is 1. The monoisotopic (exact) mass is 485 g/mol. The van der Waals surface area contributed by atoms with E-state index >= 15 is 0 Å². The van der Waals surface area contributed by atoms with Crippen LogP contribution in [0.25, 0.3) is 12.2 Å². The van der Waals surface area contributed by atoms with Gasteiger partial charge in [0, 0.05) is 27.2 Å². The minimum atomic E-state index is -0.617. The van der Waals surface area contributed by atoms with Gasteiger partial charge in [-0.15, -0.1) is 0 Å². The van der Waals surface area contributed by atoms with Crippen molar-refractivity contribution in [1.29, 1.82) is 0 Å². The van der Waals surface area contributed by atoms with E-state index in [0.29, 0.717) is 19.5 Å². The quantitative estimate of drug-likeness (QED) is 0.178. The molecule has 0 spiro atoms. The van der Waals surface area contributed by atoms with Crippen LogP contribution in [0.4, 0.5) is 0 Å². The van der Waals surface area contributed by atoms with Crippen LogP contribution in [-0.2, 0) is 4.79 Å². The average molecular weight is 488 g/mol. The maximum atomic E-state index is 12.1. The van der Waals surface area contributed by atoms with Gasteiger partial charge in [-0.3, -0.25) is 10.1 Å². The Morgan fingerprint density at radius 1 is 1.16 bits per heavy atom. The van der Waals surface area contributed by atoms with Crippen molar-refractivity contribution < 1.29 is 14.5 Å². The molecule has 8 heteroatoms. The number of hydrogen-bond donors (Lipinski definition) is 0. The lowest BCUT2D eigenvalue weighted by atomic mass is 10.2. The van der Waals surface area contributed by atoms with Gasteiger partial charge >= 0.3 is 5.97 Å². The number of carbonyl (C=O) groups is 1. The molecule has 0 aliphatic rings. The Bertz CT molecular complexity index is 864. The molecular formula is C17H10Br2ClNO4. The summed E-state index contributed by atoms with van der Waals surface area (Å²) in [5, 5.41) is 11.1. The van der Waals surface area contributed by atoms with Gasteiger partial charge in [0.05, 0.1) is 9.40 Å². The molecule has 2 aromatic carbocycles. The molecule has 0 saturated heterocycles. The fraction of sp³-hybridized carbons (Fsp3) is 0. The van der Waals surface area contributed by atoms with Crippen LogP contribution in [0, 0.1) is 10.1 Å². The summed E-state index contributed by atoms with van der Waals surface area (Å²) in [4.78, 5) is 22.0. The number of nitro groups is 1. The lowest BCUT2D eigenvalue weighted by Gasteiger charge is -2.08. The molecule has 0 N–H and O–H groups in total. The molecule has 128 valence electrons. The molecule has 0 amide bonds. The molecule has 0 bridgehead atoms. The van der Waals surface area contributed by atoms with Gasteiger partial charge in [-0.1, -0.05) is 39.7 Å². The van der Waals surface area contributed by atoms with E-state index in [9.17, 15) is 14.9 Å². The molecule has 5 nitrogen and oxygen atoms in total. The molecule has 0 fully saturated rings. The number of carbonyl (C=O) groups excluding carboxylic acids is 1.